The Labute approximate surface area is 66.6 Å². The molecule has 8 heteroatoms. The SMILES string of the molecule is O=S1(=O)OCC(C(F)(F)F)CO1. The van der Waals surface area contributed by atoms with Crippen molar-refractivity contribution in [2.24, 2.45) is 5.92 Å². The van der Waals surface area contributed by atoms with Gasteiger partial charge in [-0.3, -0.25) is 0 Å². The van der Waals surface area contributed by atoms with E-state index in [1.807, 2.05) is 0 Å². The number of hydrogen-bond acceptors (Lipinski definition) is 4. The first-order valence-corrected chi connectivity index (χ1v) is 4.25. The zero-order chi connectivity index (χ0) is 9.41. The Morgan fingerprint density at radius 2 is 1.58 bits per heavy atom. The summed E-state index contributed by atoms with van der Waals surface area (Å²) in [7, 11) is -4.18. The van der Waals surface area contributed by atoms with Gasteiger partial charge in [-0.15, -0.1) is 0 Å². The lowest BCUT2D eigenvalue weighted by Crippen LogP contribution is -2.37. The fourth-order valence-electron chi connectivity index (χ4n) is 0.602. The molecule has 0 spiro atoms. The molecule has 0 amide bonds. The first-order valence-electron chi connectivity index (χ1n) is 2.92. The van der Waals surface area contributed by atoms with Gasteiger partial charge in [0.2, 0.25) is 0 Å². The maximum absolute atomic E-state index is 11.8. The van der Waals surface area contributed by atoms with Crippen molar-refractivity contribution in [1.29, 1.82) is 0 Å². The Hall–Kier alpha value is -0.340. The molecule has 12 heavy (non-hydrogen) atoms. The highest BCUT2D eigenvalue weighted by Gasteiger charge is 2.44. The van der Waals surface area contributed by atoms with Crippen molar-refractivity contribution in [1.82, 2.24) is 0 Å². The van der Waals surface area contributed by atoms with Gasteiger partial charge in [0.25, 0.3) is 0 Å². The summed E-state index contributed by atoms with van der Waals surface area (Å²) in [5.41, 5.74) is 0. The van der Waals surface area contributed by atoms with Crippen molar-refractivity contribution in [2.45, 2.75) is 6.18 Å². The van der Waals surface area contributed by atoms with Crippen molar-refractivity contribution in [3.63, 3.8) is 0 Å². The van der Waals surface area contributed by atoms with E-state index in [0.717, 1.165) is 0 Å². The van der Waals surface area contributed by atoms with Gasteiger partial charge < -0.3 is 0 Å². The Morgan fingerprint density at radius 3 is 1.92 bits per heavy atom. The van der Waals surface area contributed by atoms with E-state index < -0.39 is 35.7 Å². The van der Waals surface area contributed by atoms with Crippen LogP contribution in [0.4, 0.5) is 13.2 Å². The second-order valence-electron chi connectivity index (χ2n) is 2.22. The van der Waals surface area contributed by atoms with Crippen LogP contribution >= 0.6 is 0 Å². The van der Waals surface area contributed by atoms with Crippen molar-refractivity contribution in [2.75, 3.05) is 13.2 Å². The Morgan fingerprint density at radius 1 is 1.17 bits per heavy atom. The molecule has 1 aliphatic heterocycles. The van der Waals surface area contributed by atoms with Crippen LogP contribution in [0.1, 0.15) is 0 Å². The first kappa shape index (κ1) is 9.75. The molecule has 0 aromatic heterocycles. The van der Waals surface area contributed by atoms with E-state index in [4.69, 9.17) is 0 Å². The maximum Gasteiger partial charge on any atom is 0.399 e. The summed E-state index contributed by atoms with van der Waals surface area (Å²) >= 11 is 0. The molecule has 0 aliphatic carbocycles. The highest BCUT2D eigenvalue weighted by molar-refractivity contribution is 7.81. The molecule has 0 N–H and O–H groups in total. The molecule has 0 unspecified atom stereocenters. The van der Waals surface area contributed by atoms with Crippen LogP contribution in [0.2, 0.25) is 0 Å². The van der Waals surface area contributed by atoms with Gasteiger partial charge in [0.1, 0.15) is 5.92 Å². The predicted octanol–water partition coefficient (Wildman–Crippen LogP) is 0.457. The van der Waals surface area contributed by atoms with E-state index in [-0.39, 0.29) is 0 Å². The van der Waals surface area contributed by atoms with Gasteiger partial charge in [-0.2, -0.15) is 21.6 Å². The predicted molar refractivity (Wildman–Crippen MR) is 30.4 cm³/mol. The van der Waals surface area contributed by atoms with Crippen molar-refractivity contribution in [3.8, 4) is 0 Å². The van der Waals surface area contributed by atoms with E-state index in [9.17, 15) is 21.6 Å². The van der Waals surface area contributed by atoms with Gasteiger partial charge >= 0.3 is 16.6 Å². The molecule has 1 aliphatic rings. The number of rotatable bonds is 0. The Kier molecular flexibility index (Phi) is 2.32. The van der Waals surface area contributed by atoms with Crippen molar-refractivity contribution < 1.29 is 30.0 Å². The smallest absolute Gasteiger partial charge is 0.247 e. The molecular weight excluding hydrogens is 201 g/mol. The van der Waals surface area contributed by atoms with Crippen molar-refractivity contribution in [3.05, 3.63) is 0 Å². The van der Waals surface area contributed by atoms with Crippen LogP contribution in [0.25, 0.3) is 0 Å². The van der Waals surface area contributed by atoms with Gasteiger partial charge in [-0.05, 0) is 0 Å². The van der Waals surface area contributed by atoms with Crippen LogP contribution in [-0.2, 0) is 18.8 Å². The molecule has 72 valence electrons. The molecule has 4 nitrogen and oxygen atoms in total. The highest BCUT2D eigenvalue weighted by Crippen LogP contribution is 2.29. The second kappa shape index (κ2) is 2.86. The van der Waals surface area contributed by atoms with Gasteiger partial charge in [0.05, 0.1) is 13.2 Å². The van der Waals surface area contributed by atoms with Crippen LogP contribution in [-0.4, -0.2) is 27.8 Å². The quantitative estimate of drug-likeness (QED) is 0.577. The number of alkyl halides is 3. The van der Waals surface area contributed by atoms with Gasteiger partial charge in [0.15, 0.2) is 0 Å². The minimum atomic E-state index is -4.48. The first-order chi connectivity index (χ1) is 5.31. The van der Waals surface area contributed by atoms with E-state index in [1.165, 1.54) is 0 Å². The summed E-state index contributed by atoms with van der Waals surface area (Å²) in [4.78, 5) is 0. The average molecular weight is 206 g/mol. The van der Waals surface area contributed by atoms with Crippen molar-refractivity contribution >= 4 is 10.4 Å². The van der Waals surface area contributed by atoms with Gasteiger partial charge in [0, 0.05) is 0 Å². The molecule has 1 fully saturated rings. The summed E-state index contributed by atoms with van der Waals surface area (Å²) in [6, 6.07) is 0. The van der Waals surface area contributed by atoms with Crippen LogP contribution in [0.3, 0.4) is 0 Å². The summed E-state index contributed by atoms with van der Waals surface area (Å²) in [5.74, 6) is -1.86. The topological polar surface area (TPSA) is 52.6 Å². The maximum atomic E-state index is 11.8. The van der Waals surface area contributed by atoms with E-state index in [1.54, 1.807) is 0 Å². The molecule has 1 heterocycles. The lowest BCUT2D eigenvalue weighted by molar-refractivity contribution is -0.195. The molecule has 1 rings (SSSR count). The second-order valence-corrected chi connectivity index (χ2v) is 3.50. The molecule has 0 saturated carbocycles. The highest BCUT2D eigenvalue weighted by atomic mass is 32.3. The van der Waals surface area contributed by atoms with Crippen LogP contribution in [0, 0.1) is 5.92 Å². The molecule has 0 atom stereocenters. The summed E-state index contributed by atoms with van der Waals surface area (Å²) in [6.45, 7) is -1.79. The zero-order valence-electron chi connectivity index (χ0n) is 5.67. The monoisotopic (exact) mass is 206 g/mol. The van der Waals surface area contributed by atoms with Crippen LogP contribution in [0.15, 0.2) is 0 Å². The minimum absolute atomic E-state index is 0.897. The molecule has 1 saturated heterocycles. The van der Waals surface area contributed by atoms with Crippen LogP contribution in [0.5, 0.6) is 0 Å². The molecule has 0 radical (unpaired) electrons. The summed E-state index contributed by atoms with van der Waals surface area (Å²) < 4.78 is 63.8. The Bertz CT molecular complexity index is 242. The third-order valence-electron chi connectivity index (χ3n) is 1.29. The van der Waals surface area contributed by atoms with E-state index in [2.05, 4.69) is 8.37 Å². The van der Waals surface area contributed by atoms with Crippen LogP contribution < -0.4 is 0 Å². The third kappa shape index (κ3) is 2.32. The number of halogens is 3. The van der Waals surface area contributed by atoms with E-state index in [0.29, 0.717) is 0 Å². The summed E-state index contributed by atoms with van der Waals surface area (Å²) in [5, 5.41) is 0. The lowest BCUT2D eigenvalue weighted by Gasteiger charge is -2.23. The molecule has 0 aromatic carbocycles. The minimum Gasteiger partial charge on any atom is -0.247 e. The molecule has 0 bridgehead atoms. The Balaban J connectivity index is 2.58. The normalized spacial score (nSPS) is 25.6. The van der Waals surface area contributed by atoms with Gasteiger partial charge in [-0.25, -0.2) is 8.37 Å². The lowest BCUT2D eigenvalue weighted by atomic mass is 10.2. The fraction of sp³-hybridized carbons (Fsp3) is 1.00. The fourth-order valence-corrected chi connectivity index (χ4v) is 1.33. The van der Waals surface area contributed by atoms with E-state index >= 15 is 0 Å². The zero-order valence-corrected chi connectivity index (χ0v) is 6.48. The standard InChI is InChI=1S/C4H5F3O4S/c5-4(6,7)3-1-10-12(8,9)11-2-3/h3H,1-2H2. The average Bonchev–Trinajstić information content (AvgIpc) is 1.83. The van der Waals surface area contributed by atoms with Gasteiger partial charge in [-0.1, -0.05) is 0 Å². The molecular formula is C4H5F3O4S. The third-order valence-corrected chi connectivity index (χ3v) is 2.14. The number of hydrogen-bond donors (Lipinski definition) is 0. The largest absolute Gasteiger partial charge is 0.399 e. The molecule has 0 aromatic rings. The summed E-state index contributed by atoms with van der Waals surface area (Å²) in [6.07, 6.45) is -4.48.